The van der Waals surface area contributed by atoms with Crippen molar-refractivity contribution in [3.05, 3.63) is 29.6 Å². The second-order valence-electron chi connectivity index (χ2n) is 3.10. The lowest BCUT2D eigenvalue weighted by Gasteiger charge is -2.11. The van der Waals surface area contributed by atoms with E-state index in [-0.39, 0.29) is 5.69 Å². The van der Waals surface area contributed by atoms with Crippen molar-refractivity contribution in [2.45, 2.75) is 13.0 Å². The zero-order chi connectivity index (χ0) is 10.6. The first-order chi connectivity index (χ1) is 6.65. The van der Waals surface area contributed by atoms with Crippen molar-refractivity contribution in [1.29, 1.82) is 0 Å². The largest absolute Gasteiger partial charge is 0.396 e. The Kier molecular flexibility index (Phi) is 3.85. The number of halogens is 1. The third kappa shape index (κ3) is 2.68. The van der Waals surface area contributed by atoms with Crippen LogP contribution in [0.4, 0.5) is 10.1 Å². The van der Waals surface area contributed by atoms with Crippen molar-refractivity contribution in [3.63, 3.8) is 0 Å². The van der Waals surface area contributed by atoms with Crippen LogP contribution in [0.3, 0.4) is 0 Å². The van der Waals surface area contributed by atoms with Crippen LogP contribution < -0.4 is 11.1 Å². The van der Waals surface area contributed by atoms with E-state index in [1.54, 1.807) is 6.07 Å². The maximum absolute atomic E-state index is 13.0. The molecule has 0 saturated carbocycles. The third-order valence-corrected chi connectivity index (χ3v) is 2.00. The molecule has 0 radical (unpaired) electrons. The van der Waals surface area contributed by atoms with E-state index < -0.39 is 11.9 Å². The van der Waals surface area contributed by atoms with Crippen LogP contribution in [0.15, 0.2) is 18.2 Å². The fourth-order valence-electron chi connectivity index (χ4n) is 1.15. The van der Waals surface area contributed by atoms with Gasteiger partial charge >= 0.3 is 0 Å². The van der Waals surface area contributed by atoms with Gasteiger partial charge in [-0.2, -0.15) is 0 Å². The Balaban J connectivity index is 2.70. The van der Waals surface area contributed by atoms with Crippen LogP contribution in [0.1, 0.15) is 18.6 Å². The van der Waals surface area contributed by atoms with Gasteiger partial charge in [0.2, 0.25) is 0 Å². The minimum Gasteiger partial charge on any atom is -0.396 e. The molecular weight excluding hydrogens is 183 g/mol. The Morgan fingerprint density at radius 2 is 2.29 bits per heavy atom. The Morgan fingerprint density at radius 3 is 2.86 bits per heavy atom. The summed E-state index contributed by atoms with van der Waals surface area (Å²) in [6.45, 7) is 3.13. The standard InChI is InChI=1S/C10H15FN2O/c1-2-13-6-10(14)7-3-4-9(12)8(11)5-7/h3-5,10,13-14H,2,6,12H2,1H3. The van der Waals surface area contributed by atoms with Gasteiger partial charge in [0.15, 0.2) is 0 Å². The highest BCUT2D eigenvalue weighted by Crippen LogP contribution is 2.17. The van der Waals surface area contributed by atoms with Crippen LogP contribution in [-0.2, 0) is 0 Å². The molecule has 4 heteroatoms. The summed E-state index contributed by atoms with van der Waals surface area (Å²) in [5.41, 5.74) is 5.96. The average Bonchev–Trinajstić information content (AvgIpc) is 2.18. The Morgan fingerprint density at radius 1 is 1.57 bits per heavy atom. The third-order valence-electron chi connectivity index (χ3n) is 2.00. The van der Waals surface area contributed by atoms with Gasteiger partial charge in [0, 0.05) is 6.54 Å². The summed E-state index contributed by atoms with van der Waals surface area (Å²) in [4.78, 5) is 0. The molecule has 0 saturated heterocycles. The van der Waals surface area contributed by atoms with Crippen LogP contribution in [0, 0.1) is 5.82 Å². The van der Waals surface area contributed by atoms with E-state index in [9.17, 15) is 9.50 Å². The topological polar surface area (TPSA) is 58.3 Å². The minimum absolute atomic E-state index is 0.101. The lowest BCUT2D eigenvalue weighted by atomic mass is 10.1. The van der Waals surface area contributed by atoms with Gasteiger partial charge in [-0.3, -0.25) is 0 Å². The first-order valence-corrected chi connectivity index (χ1v) is 4.59. The molecule has 0 aliphatic heterocycles. The second kappa shape index (κ2) is 4.93. The molecule has 0 heterocycles. The summed E-state index contributed by atoms with van der Waals surface area (Å²) in [5, 5.41) is 12.6. The molecule has 0 aliphatic rings. The number of aliphatic hydroxyl groups is 1. The SMILES string of the molecule is CCNCC(O)c1ccc(N)c(F)c1. The number of rotatable bonds is 4. The summed E-state index contributed by atoms with van der Waals surface area (Å²) < 4.78 is 13.0. The van der Waals surface area contributed by atoms with E-state index >= 15 is 0 Å². The van der Waals surface area contributed by atoms with Gasteiger partial charge in [-0.25, -0.2) is 4.39 Å². The summed E-state index contributed by atoms with van der Waals surface area (Å²) in [6.07, 6.45) is -0.690. The number of nitrogen functional groups attached to an aromatic ring is 1. The minimum atomic E-state index is -0.690. The Hall–Kier alpha value is -1.13. The maximum atomic E-state index is 13.0. The van der Waals surface area contributed by atoms with E-state index in [1.807, 2.05) is 6.92 Å². The quantitative estimate of drug-likeness (QED) is 0.634. The predicted octanol–water partition coefficient (Wildman–Crippen LogP) is 1.05. The van der Waals surface area contributed by atoms with E-state index in [1.165, 1.54) is 12.1 Å². The first-order valence-electron chi connectivity index (χ1n) is 4.59. The molecular formula is C10H15FN2O. The van der Waals surface area contributed by atoms with E-state index in [4.69, 9.17) is 5.73 Å². The molecule has 1 rings (SSSR count). The molecule has 0 spiro atoms. The number of hydrogen-bond acceptors (Lipinski definition) is 3. The van der Waals surface area contributed by atoms with Crippen molar-refractivity contribution in [3.8, 4) is 0 Å². The van der Waals surface area contributed by atoms with Crippen molar-refractivity contribution in [1.82, 2.24) is 5.32 Å². The molecule has 1 aromatic carbocycles. The number of nitrogens with one attached hydrogen (secondary N) is 1. The summed E-state index contributed by atoms with van der Waals surface area (Å²) >= 11 is 0. The van der Waals surface area contributed by atoms with Gasteiger partial charge in [0.1, 0.15) is 5.82 Å². The molecule has 78 valence electrons. The second-order valence-corrected chi connectivity index (χ2v) is 3.10. The molecule has 0 bridgehead atoms. The summed E-state index contributed by atoms with van der Waals surface area (Å²) in [5.74, 6) is -0.488. The van der Waals surface area contributed by atoms with Crippen LogP contribution in [0.25, 0.3) is 0 Å². The van der Waals surface area contributed by atoms with Crippen molar-refractivity contribution in [2.24, 2.45) is 0 Å². The molecule has 0 aliphatic carbocycles. The lowest BCUT2D eigenvalue weighted by Crippen LogP contribution is -2.20. The van der Waals surface area contributed by atoms with E-state index in [0.717, 1.165) is 6.54 Å². The number of aliphatic hydroxyl groups excluding tert-OH is 1. The number of benzene rings is 1. The van der Waals surface area contributed by atoms with Gasteiger partial charge < -0.3 is 16.2 Å². The predicted molar refractivity (Wildman–Crippen MR) is 54.3 cm³/mol. The van der Waals surface area contributed by atoms with E-state index in [2.05, 4.69) is 5.32 Å². The first kappa shape index (κ1) is 10.9. The number of nitrogens with two attached hydrogens (primary N) is 1. The smallest absolute Gasteiger partial charge is 0.146 e. The average molecular weight is 198 g/mol. The highest BCUT2D eigenvalue weighted by atomic mass is 19.1. The monoisotopic (exact) mass is 198 g/mol. The van der Waals surface area contributed by atoms with Crippen LogP contribution >= 0.6 is 0 Å². The van der Waals surface area contributed by atoms with Crippen LogP contribution in [0.2, 0.25) is 0 Å². The van der Waals surface area contributed by atoms with E-state index in [0.29, 0.717) is 12.1 Å². The van der Waals surface area contributed by atoms with Crippen molar-refractivity contribution < 1.29 is 9.50 Å². The van der Waals surface area contributed by atoms with Gasteiger partial charge in [0.25, 0.3) is 0 Å². The molecule has 0 amide bonds. The molecule has 1 unspecified atom stereocenters. The van der Waals surface area contributed by atoms with Crippen molar-refractivity contribution >= 4 is 5.69 Å². The Bertz CT molecular complexity index is 304. The van der Waals surface area contributed by atoms with Gasteiger partial charge in [0.05, 0.1) is 11.8 Å². The number of hydrogen-bond donors (Lipinski definition) is 3. The molecule has 3 nitrogen and oxygen atoms in total. The normalized spacial score (nSPS) is 12.8. The molecule has 4 N–H and O–H groups in total. The van der Waals surface area contributed by atoms with Gasteiger partial charge in [-0.15, -0.1) is 0 Å². The summed E-state index contributed by atoms with van der Waals surface area (Å²) in [7, 11) is 0. The fourth-order valence-corrected chi connectivity index (χ4v) is 1.15. The fraction of sp³-hybridized carbons (Fsp3) is 0.400. The molecule has 0 fully saturated rings. The maximum Gasteiger partial charge on any atom is 0.146 e. The molecule has 0 aromatic heterocycles. The Labute approximate surface area is 82.7 Å². The number of likely N-dealkylation sites (N-methyl/N-ethyl adjacent to an activating group) is 1. The van der Waals surface area contributed by atoms with Crippen LogP contribution in [0.5, 0.6) is 0 Å². The highest BCUT2D eigenvalue weighted by molar-refractivity contribution is 5.41. The zero-order valence-electron chi connectivity index (χ0n) is 8.13. The molecule has 14 heavy (non-hydrogen) atoms. The lowest BCUT2D eigenvalue weighted by molar-refractivity contribution is 0.175. The van der Waals surface area contributed by atoms with Gasteiger partial charge in [-0.05, 0) is 24.2 Å². The van der Waals surface area contributed by atoms with Crippen LogP contribution in [-0.4, -0.2) is 18.2 Å². The van der Waals surface area contributed by atoms with Crippen molar-refractivity contribution in [2.75, 3.05) is 18.8 Å². The molecule has 1 atom stereocenters. The zero-order valence-corrected chi connectivity index (χ0v) is 8.13. The molecule has 1 aromatic rings. The number of anilines is 1. The van der Waals surface area contributed by atoms with Gasteiger partial charge in [-0.1, -0.05) is 13.0 Å². The highest BCUT2D eigenvalue weighted by Gasteiger charge is 2.08. The summed E-state index contributed by atoms with van der Waals surface area (Å²) in [6, 6.07) is 4.34.